The summed E-state index contributed by atoms with van der Waals surface area (Å²) >= 11 is 2.98. The number of hydrogen-bond donors (Lipinski definition) is 2. The van der Waals surface area contributed by atoms with Crippen molar-refractivity contribution >= 4 is 65.4 Å². The summed E-state index contributed by atoms with van der Waals surface area (Å²) in [5.74, 6) is -0.443. The first kappa shape index (κ1) is 26.2. The van der Waals surface area contributed by atoms with Gasteiger partial charge in [0.25, 0.3) is 15.9 Å². The minimum absolute atomic E-state index is 0.00537. The normalized spacial score (nSPS) is 13.2. The zero-order chi connectivity index (χ0) is 27.9. The average Bonchev–Trinajstić information content (AvgIpc) is 3.53. The van der Waals surface area contributed by atoms with Crippen LogP contribution in [0.15, 0.2) is 83.8 Å². The van der Waals surface area contributed by atoms with E-state index < -0.39 is 15.9 Å². The van der Waals surface area contributed by atoms with Crippen molar-refractivity contribution in [3.63, 3.8) is 0 Å². The van der Waals surface area contributed by atoms with E-state index in [1.54, 1.807) is 65.6 Å². The number of thiazole rings is 1. The fourth-order valence-electron chi connectivity index (χ4n) is 4.71. The molecule has 3 aromatic carbocycles. The van der Waals surface area contributed by atoms with Crippen LogP contribution >= 0.6 is 22.7 Å². The molecule has 5 aromatic rings. The highest BCUT2D eigenvalue weighted by molar-refractivity contribution is 7.92. The van der Waals surface area contributed by atoms with Crippen molar-refractivity contribution in [2.24, 2.45) is 0 Å². The summed E-state index contributed by atoms with van der Waals surface area (Å²) in [6, 6.07) is 22.4. The number of para-hydroxylation sites is 2. The van der Waals surface area contributed by atoms with E-state index in [4.69, 9.17) is 4.98 Å². The first-order chi connectivity index (χ1) is 19.3. The van der Waals surface area contributed by atoms with Crippen molar-refractivity contribution in [2.45, 2.75) is 24.8 Å². The second-order valence-corrected chi connectivity index (χ2v) is 13.1. The third kappa shape index (κ3) is 4.99. The number of fused-ring (bicyclic) bond motifs is 2. The van der Waals surface area contributed by atoms with Crippen LogP contribution in [0.3, 0.4) is 0 Å². The molecule has 0 aliphatic carbocycles. The van der Waals surface area contributed by atoms with Crippen LogP contribution in [0.1, 0.15) is 27.7 Å². The van der Waals surface area contributed by atoms with E-state index in [9.17, 15) is 18.0 Å². The number of nitrogens with zero attached hydrogens (tertiary/aromatic N) is 2. The Morgan fingerprint density at radius 3 is 2.42 bits per heavy atom. The molecule has 40 heavy (non-hydrogen) atoms. The van der Waals surface area contributed by atoms with Gasteiger partial charge in [-0.15, -0.1) is 22.7 Å². The van der Waals surface area contributed by atoms with E-state index in [0.717, 1.165) is 31.2 Å². The van der Waals surface area contributed by atoms with Gasteiger partial charge in [0.1, 0.15) is 10.0 Å². The van der Waals surface area contributed by atoms with E-state index in [2.05, 4.69) is 10.0 Å². The molecule has 0 bridgehead atoms. The predicted molar refractivity (Wildman–Crippen MR) is 159 cm³/mol. The maximum Gasteiger partial charge on any atom is 0.261 e. The maximum atomic E-state index is 13.7. The Labute approximate surface area is 239 Å². The van der Waals surface area contributed by atoms with Crippen LogP contribution in [0.4, 0.5) is 10.7 Å². The number of nitrogens with one attached hydrogen (secondary N) is 2. The van der Waals surface area contributed by atoms with Crippen LogP contribution in [0, 0.1) is 0 Å². The molecule has 0 radical (unpaired) electrons. The number of hydrogen-bond acceptors (Lipinski definition) is 7. The Morgan fingerprint density at radius 1 is 0.925 bits per heavy atom. The van der Waals surface area contributed by atoms with Gasteiger partial charge < -0.3 is 10.2 Å². The number of carbonyl (C=O) groups is 2. The number of rotatable bonds is 6. The zero-order valence-electron chi connectivity index (χ0n) is 21.4. The fraction of sp³-hybridized carbons (Fsp3) is 0.138. The van der Waals surface area contributed by atoms with Crippen LogP contribution in [0.25, 0.3) is 20.8 Å². The second kappa shape index (κ2) is 10.5. The first-order valence-electron chi connectivity index (χ1n) is 12.5. The molecule has 1 aliphatic heterocycles. The zero-order valence-corrected chi connectivity index (χ0v) is 23.8. The van der Waals surface area contributed by atoms with Gasteiger partial charge in [-0.05, 0) is 48.4 Å². The summed E-state index contributed by atoms with van der Waals surface area (Å²) in [5.41, 5.74) is 3.18. The number of benzene rings is 3. The fourth-order valence-corrected chi connectivity index (χ4v) is 8.18. The van der Waals surface area contributed by atoms with Gasteiger partial charge in [0.15, 0.2) is 0 Å². The molecule has 0 saturated heterocycles. The molecule has 0 spiro atoms. The highest BCUT2D eigenvalue weighted by Gasteiger charge is 2.29. The number of thiophene rings is 1. The van der Waals surface area contributed by atoms with E-state index in [1.807, 2.05) is 24.3 Å². The van der Waals surface area contributed by atoms with Gasteiger partial charge in [0, 0.05) is 23.9 Å². The molecular weight excluding hydrogens is 565 g/mol. The highest BCUT2D eigenvalue weighted by Crippen LogP contribution is 2.46. The lowest BCUT2D eigenvalue weighted by Gasteiger charge is -2.26. The molecule has 202 valence electrons. The SMILES string of the molecule is CC(=O)N1CCc2c(sc(NC(=O)c3ccccc3NS(=O)(=O)c3ccccc3)c2-c2nc3ccccc3s2)C1. The van der Waals surface area contributed by atoms with Crippen LogP contribution < -0.4 is 10.0 Å². The quantitative estimate of drug-likeness (QED) is 0.254. The van der Waals surface area contributed by atoms with Gasteiger partial charge >= 0.3 is 0 Å². The van der Waals surface area contributed by atoms with Crippen molar-refractivity contribution in [1.29, 1.82) is 0 Å². The van der Waals surface area contributed by atoms with Crippen LogP contribution in [-0.2, 0) is 27.8 Å². The summed E-state index contributed by atoms with van der Waals surface area (Å²) in [6.07, 6.45) is 0.653. The van der Waals surface area contributed by atoms with Gasteiger partial charge in [0.2, 0.25) is 5.91 Å². The summed E-state index contributed by atoms with van der Waals surface area (Å²) < 4.78 is 29.6. The standard InChI is InChI=1S/C29H24N4O4S3/c1-18(34)33-16-15-21-25(17-33)39-29(26(21)28-30-23-13-7-8-14-24(23)38-28)31-27(35)20-11-5-6-12-22(20)32-40(36,37)19-9-3-2-4-10-19/h2-14,32H,15-17H2,1H3,(H,31,35). The molecule has 0 saturated carbocycles. The minimum atomic E-state index is -3.90. The molecule has 0 atom stereocenters. The molecule has 1 aliphatic rings. The van der Waals surface area contributed by atoms with E-state index >= 15 is 0 Å². The van der Waals surface area contributed by atoms with Crippen molar-refractivity contribution in [3.8, 4) is 10.6 Å². The number of sulfonamides is 1. The number of aromatic nitrogens is 1. The lowest BCUT2D eigenvalue weighted by molar-refractivity contribution is -0.129. The van der Waals surface area contributed by atoms with E-state index in [1.165, 1.54) is 23.5 Å². The average molecular weight is 589 g/mol. The van der Waals surface area contributed by atoms with Gasteiger partial charge in [-0.3, -0.25) is 14.3 Å². The Morgan fingerprint density at radius 2 is 1.65 bits per heavy atom. The molecule has 0 unspecified atom stereocenters. The molecule has 2 aromatic heterocycles. The summed E-state index contributed by atoms with van der Waals surface area (Å²) in [4.78, 5) is 33.5. The summed E-state index contributed by atoms with van der Waals surface area (Å²) in [6.45, 7) is 2.62. The van der Waals surface area contributed by atoms with E-state index in [-0.39, 0.29) is 22.1 Å². The largest absolute Gasteiger partial charge is 0.337 e. The topological polar surface area (TPSA) is 108 Å². The molecule has 11 heteroatoms. The Kier molecular flexibility index (Phi) is 6.87. The van der Waals surface area contributed by atoms with Crippen molar-refractivity contribution in [3.05, 3.63) is 94.9 Å². The maximum absolute atomic E-state index is 13.7. The van der Waals surface area contributed by atoms with Crippen molar-refractivity contribution in [1.82, 2.24) is 9.88 Å². The van der Waals surface area contributed by atoms with Crippen LogP contribution in [0.5, 0.6) is 0 Å². The van der Waals surface area contributed by atoms with Gasteiger partial charge in [0.05, 0.1) is 32.9 Å². The first-order valence-corrected chi connectivity index (χ1v) is 15.7. The minimum Gasteiger partial charge on any atom is -0.337 e. The third-order valence-electron chi connectivity index (χ3n) is 6.71. The van der Waals surface area contributed by atoms with Crippen molar-refractivity contribution < 1.29 is 18.0 Å². The summed E-state index contributed by atoms with van der Waals surface area (Å²) in [7, 11) is -3.90. The number of amides is 2. The molecule has 3 heterocycles. The van der Waals surface area contributed by atoms with Crippen molar-refractivity contribution in [2.75, 3.05) is 16.6 Å². The Bertz CT molecular complexity index is 1830. The lowest BCUT2D eigenvalue weighted by Crippen LogP contribution is -2.33. The molecule has 0 fully saturated rings. The van der Waals surface area contributed by atoms with E-state index in [0.29, 0.717) is 24.5 Å². The third-order valence-corrected chi connectivity index (χ3v) is 10.3. The van der Waals surface area contributed by atoms with Crippen LogP contribution in [0.2, 0.25) is 0 Å². The lowest BCUT2D eigenvalue weighted by atomic mass is 10.0. The summed E-state index contributed by atoms with van der Waals surface area (Å²) in [5, 5.41) is 4.46. The Hall–Kier alpha value is -4.06. The number of anilines is 2. The highest BCUT2D eigenvalue weighted by atomic mass is 32.2. The molecule has 6 rings (SSSR count). The predicted octanol–water partition coefficient (Wildman–Crippen LogP) is 5.98. The van der Waals surface area contributed by atoms with Gasteiger partial charge in [-0.25, -0.2) is 13.4 Å². The van der Waals surface area contributed by atoms with Gasteiger partial charge in [-0.1, -0.05) is 42.5 Å². The molecule has 2 N–H and O–H groups in total. The molecule has 8 nitrogen and oxygen atoms in total. The smallest absolute Gasteiger partial charge is 0.261 e. The second-order valence-electron chi connectivity index (χ2n) is 9.30. The molecular formula is C29H24N4O4S3. The number of carbonyl (C=O) groups excluding carboxylic acids is 2. The Balaban J connectivity index is 1.38. The van der Waals surface area contributed by atoms with Gasteiger partial charge in [-0.2, -0.15) is 0 Å². The van der Waals surface area contributed by atoms with Crippen LogP contribution in [-0.4, -0.2) is 36.7 Å². The monoisotopic (exact) mass is 588 g/mol. The molecule has 2 amide bonds.